The number of fused-ring (bicyclic) bond motifs is 1. The van der Waals surface area contributed by atoms with Gasteiger partial charge in [0.15, 0.2) is 0 Å². The molecule has 0 saturated heterocycles. The van der Waals surface area contributed by atoms with Crippen LogP contribution in [0.4, 0.5) is 15.9 Å². The van der Waals surface area contributed by atoms with Gasteiger partial charge in [0.1, 0.15) is 29.5 Å². The quantitative estimate of drug-likeness (QED) is 0.381. The van der Waals surface area contributed by atoms with E-state index in [-0.39, 0.29) is 11.6 Å². The number of anilines is 2. The maximum Gasteiger partial charge on any atom is 0.232 e. The summed E-state index contributed by atoms with van der Waals surface area (Å²) < 4.78 is 19.7. The van der Waals surface area contributed by atoms with Gasteiger partial charge in [-0.25, -0.2) is 14.4 Å². The highest BCUT2D eigenvalue weighted by Gasteiger charge is 2.22. The first-order chi connectivity index (χ1) is 14.7. The van der Waals surface area contributed by atoms with Crippen LogP contribution in [0.1, 0.15) is 0 Å². The second-order valence-corrected chi connectivity index (χ2v) is 6.76. The Morgan fingerprint density at radius 3 is 2.40 bits per heavy atom. The molecule has 0 amide bonds. The fraction of sp³-hybridized carbons (Fsp3) is 0. The van der Waals surface area contributed by atoms with Crippen LogP contribution >= 0.6 is 0 Å². The number of hydrogen-bond donors (Lipinski definition) is 2. The number of halogens is 1. The second kappa shape index (κ2) is 7.33. The van der Waals surface area contributed by atoms with E-state index < -0.39 is 0 Å². The Hall–Kier alpha value is -4.19. The molecule has 2 heterocycles. The van der Waals surface area contributed by atoms with Crippen molar-refractivity contribution in [3.63, 3.8) is 0 Å². The van der Waals surface area contributed by atoms with Crippen LogP contribution < -0.4 is 5.32 Å². The molecule has 2 N–H and O–H groups in total. The normalized spacial score (nSPS) is 11.0. The molecule has 0 saturated carbocycles. The summed E-state index contributed by atoms with van der Waals surface area (Å²) in [6.45, 7) is 0. The second-order valence-electron chi connectivity index (χ2n) is 6.76. The number of furan rings is 1. The summed E-state index contributed by atoms with van der Waals surface area (Å²) in [7, 11) is 0. The molecule has 146 valence electrons. The Kier molecular flexibility index (Phi) is 4.37. The van der Waals surface area contributed by atoms with Crippen molar-refractivity contribution in [3.05, 3.63) is 91.0 Å². The van der Waals surface area contributed by atoms with Gasteiger partial charge in [-0.2, -0.15) is 0 Å². The van der Waals surface area contributed by atoms with Gasteiger partial charge in [-0.15, -0.1) is 0 Å². The first-order valence-corrected chi connectivity index (χ1v) is 9.34. The molecule has 2 aromatic heterocycles. The van der Waals surface area contributed by atoms with E-state index in [1.807, 2.05) is 36.4 Å². The van der Waals surface area contributed by atoms with Crippen molar-refractivity contribution in [3.8, 4) is 28.2 Å². The maximum absolute atomic E-state index is 13.6. The topological polar surface area (TPSA) is 71.2 Å². The van der Waals surface area contributed by atoms with Crippen LogP contribution in [-0.2, 0) is 0 Å². The zero-order valence-corrected chi connectivity index (χ0v) is 15.7. The summed E-state index contributed by atoms with van der Waals surface area (Å²) >= 11 is 0. The molecule has 3 aromatic carbocycles. The average molecular weight is 397 g/mol. The monoisotopic (exact) mass is 397 g/mol. The number of phenols is 1. The summed E-state index contributed by atoms with van der Waals surface area (Å²) in [6, 6.07) is 22.7. The predicted octanol–water partition coefficient (Wildman–Crippen LogP) is 6.15. The maximum atomic E-state index is 13.6. The molecule has 0 aliphatic carbocycles. The van der Waals surface area contributed by atoms with Crippen LogP contribution in [0.25, 0.3) is 33.6 Å². The summed E-state index contributed by atoms with van der Waals surface area (Å²) in [6.07, 6.45) is 1.42. The number of nitrogens with zero attached hydrogens (tertiary/aromatic N) is 2. The van der Waals surface area contributed by atoms with Crippen LogP contribution in [0.5, 0.6) is 5.75 Å². The standard InChI is InChI=1S/C24H16FN3O2/c25-17-11-9-15(10-12-17)20-21-23(28-18-7-4-8-19(29)13-18)26-14-27-24(21)30-22(20)16-5-2-1-3-6-16/h1-14,29H,(H,26,27,28). The third kappa shape index (κ3) is 3.24. The lowest BCUT2D eigenvalue weighted by atomic mass is 9.99. The van der Waals surface area contributed by atoms with Gasteiger partial charge in [0.2, 0.25) is 5.71 Å². The molecule has 0 spiro atoms. The van der Waals surface area contributed by atoms with Crippen molar-refractivity contribution in [2.45, 2.75) is 0 Å². The summed E-state index contributed by atoms with van der Waals surface area (Å²) in [4.78, 5) is 8.71. The molecule has 0 aliphatic rings. The SMILES string of the molecule is Oc1cccc(Nc2ncnc3oc(-c4ccccc4)c(-c4ccc(F)cc4)c23)c1. The van der Waals surface area contributed by atoms with Crippen LogP contribution in [-0.4, -0.2) is 15.1 Å². The Labute approximate surface area is 171 Å². The Bertz CT molecular complexity index is 1330. The zero-order valence-electron chi connectivity index (χ0n) is 15.7. The third-order valence-electron chi connectivity index (χ3n) is 4.77. The predicted molar refractivity (Wildman–Crippen MR) is 114 cm³/mol. The molecule has 0 bridgehead atoms. The molecule has 0 atom stereocenters. The fourth-order valence-corrected chi connectivity index (χ4v) is 3.43. The third-order valence-corrected chi connectivity index (χ3v) is 4.77. The minimum Gasteiger partial charge on any atom is -0.508 e. The largest absolute Gasteiger partial charge is 0.508 e. The highest BCUT2D eigenvalue weighted by Crippen LogP contribution is 2.43. The van der Waals surface area contributed by atoms with E-state index in [4.69, 9.17) is 4.42 Å². The van der Waals surface area contributed by atoms with Gasteiger partial charge in [0.05, 0.1) is 5.39 Å². The number of hydrogen-bond acceptors (Lipinski definition) is 5. The van der Waals surface area contributed by atoms with E-state index >= 15 is 0 Å². The van der Waals surface area contributed by atoms with Crippen molar-refractivity contribution >= 4 is 22.6 Å². The molecule has 0 radical (unpaired) electrons. The van der Waals surface area contributed by atoms with Crippen molar-refractivity contribution in [2.75, 3.05) is 5.32 Å². The number of phenolic OH excluding ortho intramolecular Hbond substituents is 1. The Morgan fingerprint density at radius 2 is 1.63 bits per heavy atom. The highest BCUT2D eigenvalue weighted by atomic mass is 19.1. The van der Waals surface area contributed by atoms with Crippen LogP contribution in [0, 0.1) is 5.82 Å². The minimum atomic E-state index is -0.317. The van der Waals surface area contributed by atoms with Crippen molar-refractivity contribution in [1.82, 2.24) is 9.97 Å². The number of rotatable bonds is 4. The smallest absolute Gasteiger partial charge is 0.232 e. The van der Waals surface area contributed by atoms with Gasteiger partial charge in [-0.3, -0.25) is 0 Å². The lowest BCUT2D eigenvalue weighted by molar-refractivity contribution is 0.475. The highest BCUT2D eigenvalue weighted by molar-refractivity contribution is 6.06. The molecule has 30 heavy (non-hydrogen) atoms. The van der Waals surface area contributed by atoms with Gasteiger partial charge < -0.3 is 14.8 Å². The van der Waals surface area contributed by atoms with E-state index in [1.165, 1.54) is 18.5 Å². The van der Waals surface area contributed by atoms with E-state index in [0.29, 0.717) is 28.4 Å². The van der Waals surface area contributed by atoms with E-state index in [9.17, 15) is 9.50 Å². The minimum absolute atomic E-state index is 0.140. The van der Waals surface area contributed by atoms with Gasteiger partial charge in [0, 0.05) is 22.9 Å². The first-order valence-electron chi connectivity index (χ1n) is 9.34. The molecule has 5 nitrogen and oxygen atoms in total. The molecule has 0 aliphatic heterocycles. The summed E-state index contributed by atoms with van der Waals surface area (Å²) in [5, 5.41) is 13.7. The first kappa shape index (κ1) is 17.9. The average Bonchev–Trinajstić information content (AvgIpc) is 3.16. The lowest BCUT2D eigenvalue weighted by Crippen LogP contribution is -1.95. The fourth-order valence-electron chi connectivity index (χ4n) is 3.43. The van der Waals surface area contributed by atoms with Crippen molar-refractivity contribution in [2.24, 2.45) is 0 Å². The molecular weight excluding hydrogens is 381 g/mol. The Balaban J connectivity index is 1.77. The summed E-state index contributed by atoms with van der Waals surface area (Å²) in [5.74, 6) is 0.968. The Morgan fingerprint density at radius 1 is 0.833 bits per heavy atom. The number of aromatic hydroxyl groups is 1. The van der Waals surface area contributed by atoms with E-state index in [1.54, 1.807) is 30.3 Å². The van der Waals surface area contributed by atoms with Gasteiger partial charge in [-0.05, 0) is 29.8 Å². The van der Waals surface area contributed by atoms with Gasteiger partial charge in [-0.1, -0.05) is 48.5 Å². The van der Waals surface area contributed by atoms with E-state index in [2.05, 4.69) is 15.3 Å². The van der Waals surface area contributed by atoms with Crippen LogP contribution in [0.2, 0.25) is 0 Å². The van der Waals surface area contributed by atoms with Crippen LogP contribution in [0.3, 0.4) is 0 Å². The van der Waals surface area contributed by atoms with Crippen LogP contribution in [0.15, 0.2) is 89.6 Å². The molecule has 5 aromatic rings. The van der Waals surface area contributed by atoms with Gasteiger partial charge >= 0.3 is 0 Å². The number of benzene rings is 3. The van der Waals surface area contributed by atoms with Crippen molar-refractivity contribution in [1.29, 1.82) is 0 Å². The molecule has 6 heteroatoms. The van der Waals surface area contributed by atoms with Gasteiger partial charge in [0.25, 0.3) is 0 Å². The number of nitrogens with one attached hydrogen (secondary N) is 1. The van der Waals surface area contributed by atoms with Crippen molar-refractivity contribution < 1.29 is 13.9 Å². The number of aromatic nitrogens is 2. The molecular formula is C24H16FN3O2. The molecule has 0 unspecified atom stereocenters. The lowest BCUT2D eigenvalue weighted by Gasteiger charge is -2.09. The zero-order chi connectivity index (χ0) is 20.5. The van der Waals surface area contributed by atoms with E-state index in [0.717, 1.165) is 16.7 Å². The molecule has 0 fully saturated rings. The summed E-state index contributed by atoms with van der Waals surface area (Å²) in [5.41, 5.74) is 3.49. The molecule has 5 rings (SSSR count).